The lowest BCUT2D eigenvalue weighted by Gasteiger charge is -2.10. The van der Waals surface area contributed by atoms with Crippen LogP contribution in [0.25, 0.3) is 0 Å². The number of carbonyl (C=O) groups is 1. The average Bonchev–Trinajstić information content (AvgIpc) is 2.61. The minimum Gasteiger partial charge on any atom is -0.366 e. The molecular formula is C19H18ClN5O. The molecular weight excluding hydrogens is 350 g/mol. The number of anilines is 4. The zero-order valence-electron chi connectivity index (χ0n) is 14.2. The van der Waals surface area contributed by atoms with E-state index in [-0.39, 0.29) is 5.91 Å². The zero-order valence-corrected chi connectivity index (χ0v) is 14.9. The number of benzene rings is 2. The first kappa shape index (κ1) is 17.7. The number of carbonyl (C=O) groups excluding carboxylic acids is 1. The molecule has 7 heteroatoms. The summed E-state index contributed by atoms with van der Waals surface area (Å²) in [6.45, 7) is 2.10. The van der Waals surface area contributed by atoms with E-state index in [0.29, 0.717) is 29.0 Å². The van der Waals surface area contributed by atoms with Crippen LogP contribution in [0.5, 0.6) is 0 Å². The number of rotatable bonds is 6. The summed E-state index contributed by atoms with van der Waals surface area (Å²) in [7, 11) is 0. The van der Waals surface area contributed by atoms with Crippen LogP contribution in [0.2, 0.25) is 5.02 Å². The number of aromatic nitrogens is 2. The second-order valence-corrected chi connectivity index (χ2v) is 6.07. The number of nitrogens with one attached hydrogen (secondary N) is 3. The Labute approximate surface area is 156 Å². The molecule has 1 amide bonds. The van der Waals surface area contributed by atoms with Crippen molar-refractivity contribution < 1.29 is 4.79 Å². The van der Waals surface area contributed by atoms with E-state index in [9.17, 15) is 4.79 Å². The number of halogens is 1. The third kappa shape index (κ3) is 5.19. The highest BCUT2D eigenvalue weighted by Crippen LogP contribution is 2.19. The molecule has 0 unspecified atom stereocenters. The molecule has 0 fully saturated rings. The Kier molecular flexibility index (Phi) is 5.66. The maximum atomic E-state index is 11.2. The number of hydrogen-bond acceptors (Lipinski definition) is 5. The molecule has 0 aliphatic rings. The summed E-state index contributed by atoms with van der Waals surface area (Å²) in [5.74, 6) is 1.05. The van der Waals surface area contributed by atoms with Crippen LogP contribution in [-0.4, -0.2) is 15.9 Å². The van der Waals surface area contributed by atoms with E-state index in [2.05, 4.69) is 25.9 Å². The summed E-state index contributed by atoms with van der Waals surface area (Å²) < 4.78 is 0. The van der Waals surface area contributed by atoms with Gasteiger partial charge in [0.25, 0.3) is 0 Å². The first-order valence-electron chi connectivity index (χ1n) is 8.04. The molecule has 3 N–H and O–H groups in total. The van der Waals surface area contributed by atoms with Crippen LogP contribution in [0.15, 0.2) is 60.8 Å². The summed E-state index contributed by atoms with van der Waals surface area (Å²) in [6, 6.07) is 16.8. The number of hydrogen-bond donors (Lipinski definition) is 3. The fraction of sp³-hybridized carbons (Fsp3) is 0.105. The molecule has 26 heavy (non-hydrogen) atoms. The van der Waals surface area contributed by atoms with Gasteiger partial charge in [-0.15, -0.1) is 0 Å². The fourth-order valence-electron chi connectivity index (χ4n) is 2.32. The van der Waals surface area contributed by atoms with E-state index in [0.717, 1.165) is 11.3 Å². The molecule has 1 aromatic heterocycles. The van der Waals surface area contributed by atoms with Gasteiger partial charge in [-0.25, -0.2) is 4.98 Å². The Morgan fingerprint density at radius 1 is 1.08 bits per heavy atom. The molecule has 0 aliphatic heterocycles. The predicted molar refractivity (Wildman–Crippen MR) is 105 cm³/mol. The fourth-order valence-corrected chi connectivity index (χ4v) is 2.45. The standard InChI is InChI=1S/C19H18ClN5O/c1-13(26)23-16-3-2-4-17(11-16)24-19-21-10-9-18(25-19)22-12-14-5-7-15(20)8-6-14/h2-11H,12H2,1H3,(H,23,26)(H2,21,22,24,25). The van der Waals surface area contributed by atoms with Gasteiger partial charge in [0.2, 0.25) is 11.9 Å². The zero-order chi connectivity index (χ0) is 18.4. The Morgan fingerprint density at radius 3 is 2.62 bits per heavy atom. The Morgan fingerprint density at radius 2 is 1.85 bits per heavy atom. The molecule has 0 radical (unpaired) electrons. The molecule has 0 spiro atoms. The molecule has 6 nitrogen and oxygen atoms in total. The van der Waals surface area contributed by atoms with Crippen LogP contribution < -0.4 is 16.0 Å². The van der Waals surface area contributed by atoms with Crippen molar-refractivity contribution in [3.63, 3.8) is 0 Å². The van der Waals surface area contributed by atoms with Crippen LogP contribution >= 0.6 is 11.6 Å². The van der Waals surface area contributed by atoms with Crippen LogP contribution in [0, 0.1) is 0 Å². The van der Waals surface area contributed by atoms with Crippen LogP contribution in [0.3, 0.4) is 0 Å². The van der Waals surface area contributed by atoms with Gasteiger partial charge in [-0.05, 0) is 42.0 Å². The highest BCUT2D eigenvalue weighted by Gasteiger charge is 2.02. The van der Waals surface area contributed by atoms with Crippen molar-refractivity contribution in [3.05, 3.63) is 71.4 Å². The van der Waals surface area contributed by atoms with Crippen molar-refractivity contribution in [3.8, 4) is 0 Å². The van der Waals surface area contributed by atoms with E-state index in [1.165, 1.54) is 6.92 Å². The minimum absolute atomic E-state index is 0.119. The third-order valence-corrected chi connectivity index (χ3v) is 3.73. The highest BCUT2D eigenvalue weighted by atomic mass is 35.5. The van der Waals surface area contributed by atoms with Gasteiger partial charge in [-0.2, -0.15) is 4.98 Å². The predicted octanol–water partition coefficient (Wildman–Crippen LogP) is 4.44. The van der Waals surface area contributed by atoms with Gasteiger partial charge in [-0.3, -0.25) is 4.79 Å². The monoisotopic (exact) mass is 367 g/mol. The summed E-state index contributed by atoms with van der Waals surface area (Å²) in [6.07, 6.45) is 1.68. The molecule has 0 bridgehead atoms. The number of amides is 1. The number of nitrogens with zero attached hydrogens (tertiary/aromatic N) is 2. The van der Waals surface area contributed by atoms with Gasteiger partial charge in [-0.1, -0.05) is 29.8 Å². The summed E-state index contributed by atoms with van der Waals surface area (Å²) in [4.78, 5) is 19.8. The molecule has 1 heterocycles. The van der Waals surface area contributed by atoms with E-state index in [1.807, 2.05) is 48.5 Å². The molecule has 132 valence electrons. The quantitative estimate of drug-likeness (QED) is 0.600. The lowest BCUT2D eigenvalue weighted by atomic mass is 10.2. The van der Waals surface area contributed by atoms with Crippen molar-refractivity contribution in [2.24, 2.45) is 0 Å². The van der Waals surface area contributed by atoms with Crippen molar-refractivity contribution in [1.82, 2.24) is 9.97 Å². The Balaban J connectivity index is 1.65. The summed E-state index contributed by atoms with van der Waals surface area (Å²) >= 11 is 5.89. The Hall–Kier alpha value is -3.12. The van der Waals surface area contributed by atoms with Gasteiger partial charge in [0.15, 0.2) is 0 Å². The maximum absolute atomic E-state index is 11.2. The van der Waals surface area contributed by atoms with Crippen molar-refractivity contribution in [2.75, 3.05) is 16.0 Å². The second kappa shape index (κ2) is 8.31. The normalized spacial score (nSPS) is 10.2. The maximum Gasteiger partial charge on any atom is 0.229 e. The largest absolute Gasteiger partial charge is 0.366 e. The molecule has 0 saturated carbocycles. The summed E-state index contributed by atoms with van der Waals surface area (Å²) in [5, 5.41) is 9.84. The van der Waals surface area contributed by atoms with Crippen molar-refractivity contribution in [1.29, 1.82) is 0 Å². The molecule has 2 aromatic carbocycles. The van der Waals surface area contributed by atoms with Gasteiger partial charge >= 0.3 is 0 Å². The average molecular weight is 368 g/mol. The SMILES string of the molecule is CC(=O)Nc1cccc(Nc2nccc(NCc3ccc(Cl)cc3)n2)c1. The Bertz CT molecular complexity index is 898. The van der Waals surface area contributed by atoms with E-state index >= 15 is 0 Å². The van der Waals surface area contributed by atoms with Crippen molar-refractivity contribution in [2.45, 2.75) is 13.5 Å². The van der Waals surface area contributed by atoms with Crippen molar-refractivity contribution >= 4 is 40.6 Å². The molecule has 3 rings (SSSR count). The van der Waals surface area contributed by atoms with Crippen LogP contribution in [0.4, 0.5) is 23.1 Å². The van der Waals surface area contributed by atoms with E-state index < -0.39 is 0 Å². The molecule has 0 saturated heterocycles. The van der Waals surface area contributed by atoms with Gasteiger partial charge < -0.3 is 16.0 Å². The smallest absolute Gasteiger partial charge is 0.229 e. The lowest BCUT2D eigenvalue weighted by Crippen LogP contribution is -2.06. The van der Waals surface area contributed by atoms with Crippen LogP contribution in [0.1, 0.15) is 12.5 Å². The van der Waals surface area contributed by atoms with Gasteiger partial charge in [0.05, 0.1) is 0 Å². The van der Waals surface area contributed by atoms with E-state index in [4.69, 9.17) is 11.6 Å². The topological polar surface area (TPSA) is 78.9 Å². The first-order valence-corrected chi connectivity index (χ1v) is 8.42. The molecule has 3 aromatic rings. The molecule has 0 atom stereocenters. The lowest BCUT2D eigenvalue weighted by molar-refractivity contribution is -0.114. The van der Waals surface area contributed by atoms with Gasteiger partial charge in [0.1, 0.15) is 5.82 Å². The third-order valence-electron chi connectivity index (χ3n) is 3.48. The minimum atomic E-state index is -0.119. The van der Waals surface area contributed by atoms with E-state index in [1.54, 1.807) is 12.3 Å². The van der Waals surface area contributed by atoms with Crippen LogP contribution in [-0.2, 0) is 11.3 Å². The second-order valence-electron chi connectivity index (χ2n) is 5.63. The highest BCUT2D eigenvalue weighted by molar-refractivity contribution is 6.30. The van der Waals surface area contributed by atoms with Gasteiger partial charge in [0, 0.05) is 36.1 Å². The first-order chi connectivity index (χ1) is 12.6. The molecule has 0 aliphatic carbocycles. The summed E-state index contributed by atoms with van der Waals surface area (Å²) in [5.41, 5.74) is 2.59.